The highest BCUT2D eigenvalue weighted by Gasteiger charge is 2.04. The molecule has 2 aromatic heterocycles. The van der Waals surface area contributed by atoms with E-state index in [9.17, 15) is 4.79 Å². The van der Waals surface area contributed by atoms with Crippen LogP contribution in [0.5, 0.6) is 0 Å². The second-order valence-electron chi connectivity index (χ2n) is 3.77. The van der Waals surface area contributed by atoms with Gasteiger partial charge in [0.2, 0.25) is 0 Å². The molecule has 0 bridgehead atoms. The van der Waals surface area contributed by atoms with E-state index in [0.717, 1.165) is 23.1 Å². The maximum atomic E-state index is 10.6. The minimum atomic E-state index is 0.563. The van der Waals surface area contributed by atoms with Gasteiger partial charge in [-0.25, -0.2) is 5.10 Å². The summed E-state index contributed by atoms with van der Waals surface area (Å²) in [4.78, 5) is 13.6. The van der Waals surface area contributed by atoms with Crippen molar-refractivity contribution in [3.63, 3.8) is 0 Å². The van der Waals surface area contributed by atoms with E-state index < -0.39 is 0 Å². The van der Waals surface area contributed by atoms with Gasteiger partial charge < -0.3 is 4.98 Å². The maximum Gasteiger partial charge on any atom is 0.179 e. The molecule has 2 N–H and O–H groups in total. The first kappa shape index (κ1) is 10.4. The average molecular weight is 239 g/mol. The molecule has 3 aromatic rings. The molecular formula is C12H9N5O. The zero-order valence-corrected chi connectivity index (χ0v) is 9.29. The van der Waals surface area contributed by atoms with Gasteiger partial charge in [0.25, 0.3) is 0 Å². The molecule has 6 heteroatoms. The van der Waals surface area contributed by atoms with Gasteiger partial charge in [-0.3, -0.25) is 4.79 Å². The van der Waals surface area contributed by atoms with E-state index in [1.807, 2.05) is 30.3 Å². The predicted molar refractivity (Wildman–Crippen MR) is 64.8 cm³/mol. The molecular weight excluding hydrogens is 230 g/mol. The van der Waals surface area contributed by atoms with E-state index in [0.29, 0.717) is 11.5 Å². The summed E-state index contributed by atoms with van der Waals surface area (Å²) in [6, 6.07) is 11.3. The van der Waals surface area contributed by atoms with Gasteiger partial charge in [-0.2, -0.15) is 0 Å². The van der Waals surface area contributed by atoms with E-state index in [-0.39, 0.29) is 0 Å². The van der Waals surface area contributed by atoms with Crippen LogP contribution >= 0.6 is 0 Å². The Bertz CT molecular complexity index is 654. The number of hydrogen-bond donors (Lipinski definition) is 2. The maximum absolute atomic E-state index is 10.6. The van der Waals surface area contributed by atoms with Crippen LogP contribution in [0.25, 0.3) is 22.6 Å². The lowest BCUT2D eigenvalue weighted by atomic mass is 10.1. The van der Waals surface area contributed by atoms with Crippen LogP contribution in [0.1, 0.15) is 10.5 Å². The quantitative estimate of drug-likeness (QED) is 0.680. The molecule has 0 aliphatic carbocycles. The number of hydrogen-bond acceptors (Lipinski definition) is 4. The van der Waals surface area contributed by atoms with Gasteiger partial charge in [0.15, 0.2) is 12.1 Å². The Morgan fingerprint density at radius 3 is 2.39 bits per heavy atom. The standard InChI is InChI=1S/C12H9N5O/c18-7-10-5-6-11(13-10)8-1-3-9(4-2-8)12-14-16-17-15-12/h1-7,13H,(H,14,15,16,17). The summed E-state index contributed by atoms with van der Waals surface area (Å²) in [5.74, 6) is 0.626. The van der Waals surface area contributed by atoms with Crippen LogP contribution in [0.4, 0.5) is 0 Å². The van der Waals surface area contributed by atoms with E-state index in [1.54, 1.807) is 6.07 Å². The molecule has 0 aliphatic rings. The number of rotatable bonds is 3. The van der Waals surface area contributed by atoms with E-state index >= 15 is 0 Å². The second kappa shape index (κ2) is 4.25. The molecule has 0 amide bonds. The number of aldehydes is 1. The number of aromatic amines is 2. The Hall–Kier alpha value is -2.76. The third kappa shape index (κ3) is 1.80. The summed E-state index contributed by atoms with van der Waals surface area (Å²) in [7, 11) is 0. The molecule has 3 rings (SSSR count). The summed E-state index contributed by atoms with van der Waals surface area (Å²) in [5.41, 5.74) is 3.37. The fourth-order valence-electron chi connectivity index (χ4n) is 1.74. The van der Waals surface area contributed by atoms with Crippen LogP contribution in [-0.2, 0) is 0 Å². The first-order valence-corrected chi connectivity index (χ1v) is 5.35. The summed E-state index contributed by atoms with van der Waals surface area (Å²) in [6.45, 7) is 0. The van der Waals surface area contributed by atoms with Gasteiger partial charge in [0.05, 0.1) is 5.69 Å². The van der Waals surface area contributed by atoms with Crippen LogP contribution < -0.4 is 0 Å². The second-order valence-corrected chi connectivity index (χ2v) is 3.77. The Kier molecular flexibility index (Phi) is 2.45. The van der Waals surface area contributed by atoms with E-state index in [2.05, 4.69) is 25.6 Å². The molecule has 6 nitrogen and oxygen atoms in total. The highest BCUT2D eigenvalue weighted by atomic mass is 16.1. The topological polar surface area (TPSA) is 87.3 Å². The molecule has 2 heterocycles. The Labute approximate surface area is 102 Å². The SMILES string of the molecule is O=Cc1ccc(-c2ccc(-c3nnn[nH]3)cc2)[nH]1. The van der Waals surface area contributed by atoms with Crippen LogP contribution in [-0.4, -0.2) is 31.9 Å². The van der Waals surface area contributed by atoms with Crippen LogP contribution in [0.3, 0.4) is 0 Å². The van der Waals surface area contributed by atoms with Crippen LogP contribution in [0.2, 0.25) is 0 Å². The van der Waals surface area contributed by atoms with Gasteiger partial charge in [-0.15, -0.1) is 5.10 Å². The molecule has 0 radical (unpaired) electrons. The first-order chi connectivity index (χ1) is 8.86. The van der Waals surface area contributed by atoms with Gasteiger partial charge in [-0.05, 0) is 28.1 Å². The summed E-state index contributed by atoms with van der Waals surface area (Å²) >= 11 is 0. The van der Waals surface area contributed by atoms with Crippen molar-refractivity contribution in [1.29, 1.82) is 0 Å². The smallest absolute Gasteiger partial charge is 0.179 e. The molecule has 0 saturated heterocycles. The van der Waals surface area contributed by atoms with Crippen molar-refractivity contribution >= 4 is 6.29 Å². The number of nitrogens with one attached hydrogen (secondary N) is 2. The van der Waals surface area contributed by atoms with Crippen molar-refractivity contribution in [3.05, 3.63) is 42.1 Å². The van der Waals surface area contributed by atoms with E-state index in [4.69, 9.17) is 0 Å². The number of carbonyl (C=O) groups excluding carboxylic acids is 1. The minimum Gasteiger partial charge on any atom is -0.352 e. The molecule has 0 saturated carbocycles. The highest BCUT2D eigenvalue weighted by molar-refractivity contribution is 5.75. The van der Waals surface area contributed by atoms with Crippen molar-refractivity contribution in [2.75, 3.05) is 0 Å². The lowest BCUT2D eigenvalue weighted by Crippen LogP contribution is -1.83. The molecule has 0 spiro atoms. The monoisotopic (exact) mass is 239 g/mol. The lowest BCUT2D eigenvalue weighted by Gasteiger charge is -1.99. The summed E-state index contributed by atoms with van der Waals surface area (Å²) < 4.78 is 0. The van der Waals surface area contributed by atoms with Crippen LogP contribution in [0.15, 0.2) is 36.4 Å². The molecule has 0 fully saturated rings. The molecule has 18 heavy (non-hydrogen) atoms. The number of aromatic nitrogens is 5. The normalized spacial score (nSPS) is 10.4. The zero-order chi connectivity index (χ0) is 12.4. The molecule has 88 valence electrons. The van der Waals surface area contributed by atoms with Crippen molar-refractivity contribution in [2.24, 2.45) is 0 Å². The number of tetrazole rings is 1. The average Bonchev–Trinajstić information content (AvgIpc) is 3.10. The van der Waals surface area contributed by atoms with Crippen LogP contribution in [0, 0.1) is 0 Å². The first-order valence-electron chi connectivity index (χ1n) is 5.35. The molecule has 0 unspecified atom stereocenters. The van der Waals surface area contributed by atoms with Gasteiger partial charge in [-0.1, -0.05) is 24.3 Å². The lowest BCUT2D eigenvalue weighted by molar-refractivity contribution is 0.111. The zero-order valence-electron chi connectivity index (χ0n) is 9.29. The third-order valence-electron chi connectivity index (χ3n) is 2.65. The highest BCUT2D eigenvalue weighted by Crippen LogP contribution is 2.21. The Morgan fingerprint density at radius 1 is 1.00 bits per heavy atom. The Morgan fingerprint density at radius 2 is 1.78 bits per heavy atom. The molecule has 1 aromatic carbocycles. The Balaban J connectivity index is 1.93. The number of H-pyrrole nitrogens is 2. The largest absolute Gasteiger partial charge is 0.352 e. The van der Waals surface area contributed by atoms with Gasteiger partial charge in [0, 0.05) is 11.3 Å². The van der Waals surface area contributed by atoms with Gasteiger partial charge >= 0.3 is 0 Å². The fraction of sp³-hybridized carbons (Fsp3) is 0. The molecule has 0 aliphatic heterocycles. The minimum absolute atomic E-state index is 0.563. The number of benzene rings is 1. The fourth-order valence-corrected chi connectivity index (χ4v) is 1.74. The van der Waals surface area contributed by atoms with Crippen molar-refractivity contribution in [1.82, 2.24) is 25.6 Å². The van der Waals surface area contributed by atoms with Crippen molar-refractivity contribution < 1.29 is 4.79 Å². The van der Waals surface area contributed by atoms with Gasteiger partial charge in [0.1, 0.15) is 0 Å². The number of carbonyl (C=O) groups is 1. The summed E-state index contributed by atoms with van der Waals surface area (Å²) in [6.07, 6.45) is 0.790. The third-order valence-corrected chi connectivity index (χ3v) is 2.65. The number of nitrogens with zero attached hydrogens (tertiary/aromatic N) is 3. The van der Waals surface area contributed by atoms with Crippen molar-refractivity contribution in [2.45, 2.75) is 0 Å². The summed E-state index contributed by atoms with van der Waals surface area (Å²) in [5, 5.41) is 13.6. The predicted octanol–water partition coefficient (Wildman–Crippen LogP) is 1.67. The molecule has 0 atom stereocenters. The van der Waals surface area contributed by atoms with E-state index in [1.165, 1.54) is 0 Å². The van der Waals surface area contributed by atoms with Crippen molar-refractivity contribution in [3.8, 4) is 22.6 Å².